The van der Waals surface area contributed by atoms with Crippen molar-refractivity contribution in [3.8, 4) is 0 Å². The third-order valence-electron chi connectivity index (χ3n) is 5.24. The van der Waals surface area contributed by atoms with Crippen LogP contribution in [0.1, 0.15) is 40.2 Å². The van der Waals surface area contributed by atoms with Crippen molar-refractivity contribution >= 4 is 46.4 Å². The monoisotopic (exact) mass is 502 g/mol. The van der Waals surface area contributed by atoms with Crippen molar-refractivity contribution in [1.29, 1.82) is 0 Å². The molecule has 1 aromatic heterocycles. The van der Waals surface area contributed by atoms with Crippen molar-refractivity contribution in [3.63, 3.8) is 0 Å². The smallest absolute Gasteiger partial charge is 0.254 e. The number of halogens is 2. The van der Waals surface area contributed by atoms with Gasteiger partial charge < -0.3 is 9.80 Å². The second-order valence-corrected chi connectivity index (χ2v) is 10.3. The summed E-state index contributed by atoms with van der Waals surface area (Å²) in [5, 5.41) is 2.74. The highest BCUT2D eigenvalue weighted by atomic mass is 35.5. The first-order chi connectivity index (χ1) is 15.7. The van der Waals surface area contributed by atoms with Gasteiger partial charge in [-0.25, -0.2) is 0 Å². The summed E-state index contributed by atoms with van der Waals surface area (Å²) in [6.07, 6.45) is 0. The average molecular weight is 503 g/mol. The Morgan fingerprint density at radius 3 is 2.27 bits per heavy atom. The SMILES string of the molecule is Cc1ccsc1CN(Cc1ccccc1)C(=O)CN(CC(C)C)C(=O)c1ccc(Cl)c(Cl)c1. The first-order valence-corrected chi connectivity index (χ1v) is 12.5. The number of nitrogens with zero attached hydrogens (tertiary/aromatic N) is 2. The maximum absolute atomic E-state index is 13.5. The highest BCUT2D eigenvalue weighted by Crippen LogP contribution is 2.24. The van der Waals surface area contributed by atoms with E-state index in [0.717, 1.165) is 16.0 Å². The lowest BCUT2D eigenvalue weighted by atomic mass is 10.1. The van der Waals surface area contributed by atoms with Crippen LogP contribution in [0, 0.1) is 12.8 Å². The fourth-order valence-electron chi connectivity index (χ4n) is 3.51. The molecule has 3 aromatic rings. The number of hydrogen-bond donors (Lipinski definition) is 0. The molecule has 0 saturated heterocycles. The summed E-state index contributed by atoms with van der Waals surface area (Å²) in [7, 11) is 0. The molecule has 7 heteroatoms. The van der Waals surface area contributed by atoms with E-state index in [-0.39, 0.29) is 24.3 Å². The van der Waals surface area contributed by atoms with Gasteiger partial charge in [0.2, 0.25) is 5.91 Å². The quantitative estimate of drug-likeness (QED) is 0.326. The number of carbonyl (C=O) groups excluding carboxylic acids is 2. The molecule has 2 amide bonds. The molecule has 3 rings (SSSR count). The number of rotatable bonds is 9. The predicted octanol–water partition coefficient (Wildman–Crippen LogP) is 6.69. The molecule has 0 aliphatic heterocycles. The van der Waals surface area contributed by atoms with Crippen LogP contribution in [0.3, 0.4) is 0 Å². The molecule has 0 unspecified atom stereocenters. The second-order valence-electron chi connectivity index (χ2n) is 8.47. The van der Waals surface area contributed by atoms with Crippen LogP contribution in [0.15, 0.2) is 60.0 Å². The highest BCUT2D eigenvalue weighted by molar-refractivity contribution is 7.10. The largest absolute Gasteiger partial charge is 0.332 e. The molecule has 2 aromatic carbocycles. The lowest BCUT2D eigenvalue weighted by Crippen LogP contribution is -2.43. The minimum Gasteiger partial charge on any atom is -0.332 e. The first kappa shape index (κ1) is 25.3. The van der Waals surface area contributed by atoms with Crippen LogP contribution < -0.4 is 0 Å². The van der Waals surface area contributed by atoms with E-state index < -0.39 is 0 Å². The summed E-state index contributed by atoms with van der Waals surface area (Å²) in [5.41, 5.74) is 2.63. The molecule has 0 aliphatic rings. The molecule has 0 bridgehead atoms. The molecule has 0 radical (unpaired) electrons. The van der Waals surface area contributed by atoms with Crippen LogP contribution in [0.2, 0.25) is 10.0 Å². The molecule has 0 fully saturated rings. The topological polar surface area (TPSA) is 40.6 Å². The van der Waals surface area contributed by atoms with Crippen LogP contribution in [0.25, 0.3) is 0 Å². The Kier molecular flexibility index (Phi) is 8.95. The Bertz CT molecular complexity index is 1100. The Labute approximate surface area is 209 Å². The van der Waals surface area contributed by atoms with Crippen LogP contribution in [-0.4, -0.2) is 34.7 Å². The summed E-state index contributed by atoms with van der Waals surface area (Å²) >= 11 is 13.8. The molecule has 0 N–H and O–H groups in total. The molecule has 1 heterocycles. The zero-order valence-corrected chi connectivity index (χ0v) is 21.4. The van der Waals surface area contributed by atoms with Gasteiger partial charge in [0.05, 0.1) is 16.6 Å². The van der Waals surface area contributed by atoms with Crippen LogP contribution >= 0.6 is 34.5 Å². The van der Waals surface area contributed by atoms with E-state index in [1.807, 2.05) is 54.5 Å². The molecular weight excluding hydrogens is 475 g/mol. The van der Waals surface area contributed by atoms with Crippen molar-refractivity contribution < 1.29 is 9.59 Å². The molecule has 0 spiro atoms. The number of hydrogen-bond acceptors (Lipinski definition) is 3. The summed E-state index contributed by atoms with van der Waals surface area (Å²) < 4.78 is 0. The number of thiophene rings is 1. The zero-order valence-electron chi connectivity index (χ0n) is 19.1. The minimum absolute atomic E-state index is 0.00544. The van der Waals surface area contributed by atoms with Crippen molar-refractivity contribution in [2.75, 3.05) is 13.1 Å². The van der Waals surface area contributed by atoms with Gasteiger partial charge in [-0.1, -0.05) is 67.4 Å². The second kappa shape index (κ2) is 11.7. The van der Waals surface area contributed by atoms with Crippen LogP contribution in [0.4, 0.5) is 0 Å². The maximum atomic E-state index is 13.5. The summed E-state index contributed by atoms with van der Waals surface area (Å²) in [6, 6.07) is 16.8. The van der Waals surface area contributed by atoms with Gasteiger partial charge in [0.15, 0.2) is 0 Å². The van der Waals surface area contributed by atoms with E-state index >= 15 is 0 Å². The maximum Gasteiger partial charge on any atom is 0.254 e. The van der Waals surface area contributed by atoms with E-state index in [9.17, 15) is 9.59 Å². The number of benzene rings is 2. The molecule has 0 saturated carbocycles. The summed E-state index contributed by atoms with van der Waals surface area (Å²) in [6.45, 7) is 7.54. The van der Waals surface area contributed by atoms with Gasteiger partial charge in [-0.15, -0.1) is 11.3 Å². The standard InChI is InChI=1S/C26H28Cl2N2O2S/c1-18(2)14-30(26(32)21-9-10-22(27)23(28)13-21)17-25(31)29(15-20-7-5-4-6-8-20)16-24-19(3)11-12-33-24/h4-13,18H,14-17H2,1-3H3. The number of amides is 2. The van der Waals surface area contributed by atoms with Gasteiger partial charge in [0.25, 0.3) is 5.91 Å². The Balaban J connectivity index is 1.84. The van der Waals surface area contributed by atoms with Gasteiger partial charge in [-0.2, -0.15) is 0 Å². The van der Waals surface area contributed by atoms with Gasteiger partial charge in [0, 0.05) is 23.5 Å². The third-order valence-corrected chi connectivity index (χ3v) is 6.98. The molecule has 174 valence electrons. The molecule has 33 heavy (non-hydrogen) atoms. The van der Waals surface area contributed by atoms with Gasteiger partial charge in [0.1, 0.15) is 6.54 Å². The summed E-state index contributed by atoms with van der Waals surface area (Å²) in [4.78, 5) is 31.4. The van der Waals surface area contributed by atoms with Gasteiger partial charge in [-0.3, -0.25) is 9.59 Å². The fraction of sp³-hybridized carbons (Fsp3) is 0.308. The van der Waals surface area contributed by atoms with E-state index in [4.69, 9.17) is 23.2 Å². The summed E-state index contributed by atoms with van der Waals surface area (Å²) in [5.74, 6) is -0.130. The molecule has 4 nitrogen and oxygen atoms in total. The van der Waals surface area contributed by atoms with Crippen molar-refractivity contribution in [2.45, 2.75) is 33.9 Å². The predicted molar refractivity (Wildman–Crippen MR) is 137 cm³/mol. The van der Waals surface area contributed by atoms with Gasteiger partial charge in [-0.05, 0) is 53.6 Å². The Morgan fingerprint density at radius 1 is 0.939 bits per heavy atom. The molecule has 0 atom stereocenters. The Hall–Kier alpha value is -2.34. The lowest BCUT2D eigenvalue weighted by Gasteiger charge is -2.29. The minimum atomic E-state index is -0.234. The van der Waals surface area contributed by atoms with Gasteiger partial charge >= 0.3 is 0 Å². The zero-order chi connectivity index (χ0) is 24.0. The third kappa shape index (κ3) is 7.07. The Morgan fingerprint density at radius 2 is 1.67 bits per heavy atom. The van der Waals surface area contributed by atoms with Crippen molar-refractivity contribution in [2.24, 2.45) is 5.92 Å². The number of carbonyl (C=O) groups is 2. The van der Waals surface area contributed by atoms with Crippen molar-refractivity contribution in [3.05, 3.63) is 91.6 Å². The molecule has 0 aliphatic carbocycles. The van der Waals surface area contributed by atoms with E-state index in [0.29, 0.717) is 35.2 Å². The van der Waals surface area contributed by atoms with Crippen LogP contribution in [0.5, 0.6) is 0 Å². The van der Waals surface area contributed by atoms with E-state index in [1.165, 1.54) is 0 Å². The normalized spacial score (nSPS) is 11.0. The van der Waals surface area contributed by atoms with Crippen molar-refractivity contribution in [1.82, 2.24) is 9.80 Å². The van der Waals surface area contributed by atoms with Crippen LogP contribution in [-0.2, 0) is 17.9 Å². The fourth-order valence-corrected chi connectivity index (χ4v) is 4.73. The average Bonchev–Trinajstić information content (AvgIpc) is 3.19. The lowest BCUT2D eigenvalue weighted by molar-refractivity contribution is -0.133. The highest BCUT2D eigenvalue weighted by Gasteiger charge is 2.24. The number of aryl methyl sites for hydroxylation is 1. The first-order valence-electron chi connectivity index (χ1n) is 10.8. The van der Waals surface area contributed by atoms with E-state index in [1.54, 1.807) is 34.4 Å². The van der Waals surface area contributed by atoms with E-state index in [2.05, 4.69) is 13.0 Å². The molecular formula is C26H28Cl2N2O2S.